The van der Waals surface area contributed by atoms with Gasteiger partial charge in [-0.15, -0.1) is 0 Å². The van der Waals surface area contributed by atoms with E-state index in [2.05, 4.69) is 48.9 Å². The van der Waals surface area contributed by atoms with Crippen LogP contribution in [0.2, 0.25) is 5.02 Å². The minimum atomic E-state index is 0.111. The summed E-state index contributed by atoms with van der Waals surface area (Å²) >= 11 is 6.05. The van der Waals surface area contributed by atoms with E-state index in [1.165, 1.54) is 16.8 Å². The first-order chi connectivity index (χ1) is 9.89. The van der Waals surface area contributed by atoms with Gasteiger partial charge in [0.25, 0.3) is 0 Å². The van der Waals surface area contributed by atoms with Gasteiger partial charge in [-0.1, -0.05) is 30.7 Å². The molecule has 0 saturated heterocycles. The predicted molar refractivity (Wildman–Crippen MR) is 88.8 cm³/mol. The van der Waals surface area contributed by atoms with E-state index < -0.39 is 0 Å². The quantitative estimate of drug-likeness (QED) is 0.903. The van der Waals surface area contributed by atoms with Crippen molar-refractivity contribution in [2.24, 2.45) is 0 Å². The molecule has 0 amide bonds. The highest BCUT2D eigenvalue weighted by Gasteiger charge is 2.13. The molecule has 21 heavy (non-hydrogen) atoms. The van der Waals surface area contributed by atoms with Crippen molar-refractivity contribution in [2.45, 2.75) is 52.7 Å². The predicted octanol–water partition coefficient (Wildman–Crippen LogP) is 4.04. The third-order valence-electron chi connectivity index (χ3n) is 3.40. The van der Waals surface area contributed by atoms with Crippen molar-refractivity contribution < 1.29 is 0 Å². The Morgan fingerprint density at radius 2 is 2.05 bits per heavy atom. The topological polar surface area (TPSA) is 29.9 Å². The minimum Gasteiger partial charge on any atom is -0.308 e. The number of hydrogen-bond donors (Lipinski definition) is 1. The average Bonchev–Trinajstić information content (AvgIpc) is 2.77. The lowest BCUT2D eigenvalue weighted by Crippen LogP contribution is -2.35. The van der Waals surface area contributed by atoms with Crippen molar-refractivity contribution in [1.29, 1.82) is 0 Å². The minimum absolute atomic E-state index is 0.111. The van der Waals surface area contributed by atoms with E-state index >= 15 is 0 Å². The van der Waals surface area contributed by atoms with Crippen LogP contribution in [0.25, 0.3) is 0 Å². The Balaban J connectivity index is 2.15. The summed E-state index contributed by atoms with van der Waals surface area (Å²) in [5, 5.41) is 8.84. The molecule has 0 atom stereocenters. The summed E-state index contributed by atoms with van der Waals surface area (Å²) in [7, 11) is 0. The van der Waals surface area contributed by atoms with Gasteiger partial charge in [-0.3, -0.25) is 4.68 Å². The summed E-state index contributed by atoms with van der Waals surface area (Å²) in [6.45, 7) is 10.3. The van der Waals surface area contributed by atoms with Gasteiger partial charge in [0.05, 0.1) is 12.7 Å². The summed E-state index contributed by atoms with van der Waals surface area (Å²) < 4.78 is 2.07. The molecule has 1 aromatic heterocycles. The second-order valence-corrected chi connectivity index (χ2v) is 6.80. The Morgan fingerprint density at radius 1 is 1.29 bits per heavy atom. The fourth-order valence-corrected chi connectivity index (χ4v) is 2.52. The van der Waals surface area contributed by atoms with Gasteiger partial charge < -0.3 is 5.32 Å². The molecule has 0 aliphatic rings. The highest BCUT2D eigenvalue weighted by atomic mass is 35.5. The smallest absolute Gasteiger partial charge is 0.0663 e. The van der Waals surface area contributed by atoms with Crippen LogP contribution in [0.15, 0.2) is 30.5 Å². The van der Waals surface area contributed by atoms with Gasteiger partial charge in [-0.05, 0) is 44.9 Å². The van der Waals surface area contributed by atoms with E-state index in [1.807, 2.05) is 24.4 Å². The molecular weight excluding hydrogens is 282 g/mol. The molecule has 0 radical (unpaired) electrons. The van der Waals surface area contributed by atoms with Crippen molar-refractivity contribution in [1.82, 2.24) is 15.1 Å². The number of hydrogen-bond acceptors (Lipinski definition) is 2. The van der Waals surface area contributed by atoms with Crippen LogP contribution in [-0.4, -0.2) is 15.3 Å². The average molecular weight is 306 g/mol. The SMILES string of the molecule is CCc1c(CNC(C)(C)C)cnn1Cc1cccc(Cl)c1. The van der Waals surface area contributed by atoms with Crippen LogP contribution < -0.4 is 5.32 Å². The van der Waals surface area contributed by atoms with Crippen molar-refractivity contribution in [3.63, 3.8) is 0 Å². The van der Waals surface area contributed by atoms with Gasteiger partial charge in [0.1, 0.15) is 0 Å². The molecule has 4 heteroatoms. The Morgan fingerprint density at radius 3 is 2.67 bits per heavy atom. The molecule has 0 aliphatic carbocycles. The molecule has 114 valence electrons. The normalized spacial score (nSPS) is 11.9. The Labute approximate surface area is 132 Å². The molecule has 3 nitrogen and oxygen atoms in total. The largest absolute Gasteiger partial charge is 0.308 e. The summed E-state index contributed by atoms with van der Waals surface area (Å²) in [4.78, 5) is 0. The summed E-state index contributed by atoms with van der Waals surface area (Å²) in [5.41, 5.74) is 3.84. The third-order valence-corrected chi connectivity index (χ3v) is 3.64. The fourth-order valence-electron chi connectivity index (χ4n) is 2.31. The molecular formula is C17H24ClN3. The molecule has 0 saturated carbocycles. The summed E-state index contributed by atoms with van der Waals surface area (Å²) in [6.07, 6.45) is 2.95. The number of nitrogens with zero attached hydrogens (tertiary/aromatic N) is 2. The molecule has 0 fully saturated rings. The number of rotatable bonds is 5. The maximum atomic E-state index is 6.05. The maximum absolute atomic E-state index is 6.05. The Hall–Kier alpha value is -1.32. The van der Waals surface area contributed by atoms with Crippen molar-refractivity contribution >= 4 is 11.6 Å². The lowest BCUT2D eigenvalue weighted by molar-refractivity contribution is 0.423. The van der Waals surface area contributed by atoms with E-state index in [-0.39, 0.29) is 5.54 Å². The van der Waals surface area contributed by atoms with E-state index in [9.17, 15) is 0 Å². The van der Waals surface area contributed by atoms with Crippen molar-refractivity contribution in [3.8, 4) is 0 Å². The van der Waals surface area contributed by atoms with Crippen LogP contribution in [0.5, 0.6) is 0 Å². The molecule has 0 aliphatic heterocycles. The van der Waals surface area contributed by atoms with Gasteiger partial charge in [-0.2, -0.15) is 5.10 Å². The third kappa shape index (κ3) is 4.58. The zero-order valence-electron chi connectivity index (χ0n) is 13.3. The Kier molecular flexibility index (Phi) is 5.07. The molecule has 1 aromatic carbocycles. The Bertz CT molecular complexity index is 596. The zero-order chi connectivity index (χ0) is 15.5. The van der Waals surface area contributed by atoms with Crippen LogP contribution in [0.1, 0.15) is 44.5 Å². The lowest BCUT2D eigenvalue weighted by atomic mass is 10.1. The van der Waals surface area contributed by atoms with Crippen LogP contribution in [0.4, 0.5) is 0 Å². The first-order valence-electron chi connectivity index (χ1n) is 7.42. The van der Waals surface area contributed by atoms with Crippen LogP contribution >= 0.6 is 11.6 Å². The number of nitrogens with one attached hydrogen (secondary N) is 1. The van der Waals surface area contributed by atoms with Gasteiger partial charge in [0.2, 0.25) is 0 Å². The fraction of sp³-hybridized carbons (Fsp3) is 0.471. The van der Waals surface area contributed by atoms with E-state index in [1.54, 1.807) is 0 Å². The number of halogens is 1. The van der Waals surface area contributed by atoms with Gasteiger partial charge in [-0.25, -0.2) is 0 Å². The van der Waals surface area contributed by atoms with Crippen molar-refractivity contribution in [2.75, 3.05) is 0 Å². The van der Waals surface area contributed by atoms with E-state index in [0.29, 0.717) is 0 Å². The molecule has 0 spiro atoms. The highest BCUT2D eigenvalue weighted by molar-refractivity contribution is 6.30. The molecule has 1 N–H and O–H groups in total. The van der Waals surface area contributed by atoms with Gasteiger partial charge in [0, 0.05) is 28.4 Å². The zero-order valence-corrected chi connectivity index (χ0v) is 14.0. The van der Waals surface area contributed by atoms with E-state index in [4.69, 9.17) is 11.6 Å². The lowest BCUT2D eigenvalue weighted by Gasteiger charge is -2.20. The first kappa shape index (κ1) is 16.1. The second-order valence-electron chi connectivity index (χ2n) is 6.36. The number of aromatic nitrogens is 2. The monoisotopic (exact) mass is 305 g/mol. The van der Waals surface area contributed by atoms with Crippen LogP contribution in [0, 0.1) is 0 Å². The van der Waals surface area contributed by atoms with Crippen molar-refractivity contribution in [3.05, 3.63) is 52.3 Å². The molecule has 0 unspecified atom stereocenters. The molecule has 1 heterocycles. The molecule has 2 rings (SSSR count). The van der Waals surface area contributed by atoms with Crippen LogP contribution in [0.3, 0.4) is 0 Å². The molecule has 0 bridgehead atoms. The number of benzene rings is 1. The highest BCUT2D eigenvalue weighted by Crippen LogP contribution is 2.16. The summed E-state index contributed by atoms with van der Waals surface area (Å²) in [6, 6.07) is 7.96. The van der Waals surface area contributed by atoms with Gasteiger partial charge in [0.15, 0.2) is 0 Å². The first-order valence-corrected chi connectivity index (χ1v) is 7.80. The van der Waals surface area contributed by atoms with E-state index in [0.717, 1.165) is 24.5 Å². The standard InChI is InChI=1S/C17H24ClN3/c1-5-16-14(10-19-17(2,3)4)11-20-21(16)12-13-7-6-8-15(18)9-13/h6-9,11,19H,5,10,12H2,1-4H3. The maximum Gasteiger partial charge on any atom is 0.0663 e. The second kappa shape index (κ2) is 6.63. The molecule has 2 aromatic rings. The van der Waals surface area contributed by atoms with Gasteiger partial charge >= 0.3 is 0 Å². The summed E-state index contributed by atoms with van der Waals surface area (Å²) in [5.74, 6) is 0. The van der Waals surface area contributed by atoms with Crippen LogP contribution in [-0.2, 0) is 19.5 Å².